The highest BCUT2D eigenvalue weighted by Gasteiger charge is 2.26. The lowest BCUT2D eigenvalue weighted by atomic mass is 9.81. The lowest BCUT2D eigenvalue weighted by Gasteiger charge is -2.25. The predicted molar refractivity (Wildman–Crippen MR) is 212 cm³/mol. The minimum absolute atomic E-state index is 0.128. The molecule has 0 aromatic heterocycles. The number of hydrogen-bond donors (Lipinski definition) is 4. The molecule has 4 nitrogen and oxygen atoms in total. The van der Waals surface area contributed by atoms with Crippen molar-refractivity contribution in [2.75, 3.05) is 0 Å². The zero-order chi connectivity index (χ0) is 38.3. The number of aromatic hydroxyl groups is 4. The van der Waals surface area contributed by atoms with Gasteiger partial charge in [0.1, 0.15) is 23.0 Å². The molecule has 0 bridgehead atoms. The average molecular weight is 681 g/mol. The molecule has 4 aromatic carbocycles. The van der Waals surface area contributed by atoms with Crippen LogP contribution in [0.5, 0.6) is 23.0 Å². The molecular formula is C46H64O4. The van der Waals surface area contributed by atoms with Crippen molar-refractivity contribution < 1.29 is 20.4 Å². The molecule has 0 heterocycles. The summed E-state index contributed by atoms with van der Waals surface area (Å²) in [5, 5.41) is 43.4. The molecule has 0 spiro atoms. The molecular weight excluding hydrogens is 617 g/mol. The maximum Gasteiger partial charge on any atom is 0.123 e. The fraction of sp³-hybridized carbons (Fsp3) is 0.478. The number of rotatable bonds is 4. The van der Waals surface area contributed by atoms with Gasteiger partial charge in [0.2, 0.25) is 0 Å². The maximum atomic E-state index is 10.9. The first-order valence-corrected chi connectivity index (χ1v) is 17.9. The normalized spacial score (nSPS) is 12.5. The molecule has 0 aliphatic carbocycles. The van der Waals surface area contributed by atoms with Gasteiger partial charge >= 0.3 is 0 Å². The Morgan fingerprint density at radius 3 is 0.960 bits per heavy atom. The standard InChI is InChI=1S/2C23H32O2/c1-14-9-16(20(24)18(11-14)22(3,4)5)13-17-10-15(2)12-19(21(17)25)23(6,7)8;1-14-9-11-18(22(3,4)5)20(24)16(14)13-17-15(2)10-12-19(21(17)25)23(6,7)8/h2*9-12,24-25H,13H2,1-8H3. The summed E-state index contributed by atoms with van der Waals surface area (Å²) < 4.78 is 0. The van der Waals surface area contributed by atoms with Crippen LogP contribution in [0, 0.1) is 27.7 Å². The van der Waals surface area contributed by atoms with Gasteiger partial charge in [0.05, 0.1) is 0 Å². The van der Waals surface area contributed by atoms with E-state index in [2.05, 4.69) is 121 Å². The van der Waals surface area contributed by atoms with Gasteiger partial charge in [-0.3, -0.25) is 0 Å². The van der Waals surface area contributed by atoms with Crippen LogP contribution in [-0.2, 0) is 34.5 Å². The molecule has 0 saturated heterocycles. The molecule has 4 heteroatoms. The van der Waals surface area contributed by atoms with E-state index in [0.717, 1.165) is 66.8 Å². The van der Waals surface area contributed by atoms with E-state index >= 15 is 0 Å². The van der Waals surface area contributed by atoms with E-state index < -0.39 is 0 Å². The molecule has 0 fully saturated rings. The summed E-state index contributed by atoms with van der Waals surface area (Å²) >= 11 is 0. The Hall–Kier alpha value is -3.92. The van der Waals surface area contributed by atoms with Crippen LogP contribution in [0.4, 0.5) is 0 Å². The average Bonchev–Trinajstić information content (AvgIpc) is 2.93. The molecule has 4 N–H and O–H groups in total. The Labute approximate surface area is 303 Å². The first-order chi connectivity index (χ1) is 22.6. The van der Waals surface area contributed by atoms with Crippen LogP contribution >= 0.6 is 0 Å². The van der Waals surface area contributed by atoms with Gasteiger partial charge in [0.15, 0.2) is 0 Å². The number of aryl methyl sites for hydroxylation is 4. The molecule has 4 rings (SSSR count). The van der Waals surface area contributed by atoms with Crippen molar-refractivity contribution >= 4 is 0 Å². The molecule has 0 saturated carbocycles. The van der Waals surface area contributed by atoms with Crippen LogP contribution in [0.2, 0.25) is 0 Å². The van der Waals surface area contributed by atoms with E-state index in [9.17, 15) is 20.4 Å². The second-order valence-corrected chi connectivity index (χ2v) is 18.5. The summed E-state index contributed by atoms with van der Waals surface area (Å²) in [6.07, 6.45) is 1.05. The highest BCUT2D eigenvalue weighted by atomic mass is 16.3. The van der Waals surface area contributed by atoms with Crippen LogP contribution in [0.1, 0.15) is 150 Å². The fourth-order valence-corrected chi connectivity index (χ4v) is 6.63. The highest BCUT2D eigenvalue weighted by Crippen LogP contribution is 2.41. The summed E-state index contributed by atoms with van der Waals surface area (Å²) in [7, 11) is 0. The minimum atomic E-state index is -0.129. The van der Waals surface area contributed by atoms with E-state index in [-0.39, 0.29) is 21.7 Å². The van der Waals surface area contributed by atoms with Crippen LogP contribution in [0.15, 0.2) is 48.5 Å². The Bertz CT molecular complexity index is 1710. The van der Waals surface area contributed by atoms with Crippen LogP contribution in [0.25, 0.3) is 0 Å². The van der Waals surface area contributed by atoms with Gasteiger partial charge in [0, 0.05) is 24.0 Å². The third-order valence-corrected chi connectivity index (χ3v) is 9.67. The summed E-state index contributed by atoms with van der Waals surface area (Å²) in [5.41, 5.74) is 11.1. The summed E-state index contributed by atoms with van der Waals surface area (Å²) in [6.45, 7) is 33.4. The maximum absolute atomic E-state index is 10.9. The smallest absolute Gasteiger partial charge is 0.123 e. The third-order valence-electron chi connectivity index (χ3n) is 9.67. The second-order valence-electron chi connectivity index (χ2n) is 18.5. The van der Waals surface area contributed by atoms with Crippen molar-refractivity contribution in [1.82, 2.24) is 0 Å². The van der Waals surface area contributed by atoms with Crippen molar-refractivity contribution in [3.63, 3.8) is 0 Å². The molecule has 272 valence electrons. The van der Waals surface area contributed by atoms with Crippen molar-refractivity contribution in [2.45, 2.75) is 145 Å². The second kappa shape index (κ2) is 14.4. The first-order valence-electron chi connectivity index (χ1n) is 17.9. The third kappa shape index (κ3) is 9.24. The van der Waals surface area contributed by atoms with Crippen molar-refractivity contribution in [2.24, 2.45) is 0 Å². The van der Waals surface area contributed by atoms with E-state index in [0.29, 0.717) is 35.8 Å². The number of benzene rings is 4. The van der Waals surface area contributed by atoms with Crippen LogP contribution in [0.3, 0.4) is 0 Å². The molecule has 50 heavy (non-hydrogen) atoms. The van der Waals surface area contributed by atoms with Gasteiger partial charge in [0.25, 0.3) is 0 Å². The number of phenols is 4. The molecule has 0 radical (unpaired) electrons. The number of phenolic OH excluding ortho intramolecular Hbond substituents is 4. The van der Waals surface area contributed by atoms with Gasteiger partial charge in [-0.25, -0.2) is 0 Å². The Balaban J connectivity index is 0.000000270. The molecule has 0 unspecified atom stereocenters. The van der Waals surface area contributed by atoms with Gasteiger partial charge in [-0.15, -0.1) is 0 Å². The molecule has 0 aliphatic heterocycles. The summed E-state index contributed by atoms with van der Waals surface area (Å²) in [6, 6.07) is 16.3. The SMILES string of the molecule is Cc1cc(Cc2cc(C)cc(C(C)(C)C)c2O)c(O)c(C(C)(C)C)c1.Cc1ccc(C(C)(C)C)c(O)c1Cc1c(C)ccc(C(C)(C)C)c1O. The van der Waals surface area contributed by atoms with Crippen molar-refractivity contribution in [3.8, 4) is 23.0 Å². The van der Waals surface area contributed by atoms with E-state index in [1.54, 1.807) is 0 Å². The molecule has 0 aliphatic rings. The summed E-state index contributed by atoms with van der Waals surface area (Å²) in [4.78, 5) is 0. The predicted octanol–water partition coefficient (Wildman–Crippen LogP) is 11.8. The quantitative estimate of drug-likeness (QED) is 0.173. The van der Waals surface area contributed by atoms with Crippen LogP contribution in [-0.4, -0.2) is 20.4 Å². The summed E-state index contributed by atoms with van der Waals surface area (Å²) in [5.74, 6) is 1.40. The number of hydrogen-bond acceptors (Lipinski definition) is 4. The molecule has 4 aromatic rings. The van der Waals surface area contributed by atoms with Gasteiger partial charge in [-0.1, -0.05) is 143 Å². The van der Waals surface area contributed by atoms with Crippen LogP contribution < -0.4 is 0 Å². The van der Waals surface area contributed by atoms with E-state index in [1.165, 1.54) is 0 Å². The van der Waals surface area contributed by atoms with E-state index in [1.807, 2.05) is 38.1 Å². The van der Waals surface area contributed by atoms with Crippen molar-refractivity contribution in [1.29, 1.82) is 0 Å². The lowest BCUT2D eigenvalue weighted by Crippen LogP contribution is -2.14. The zero-order valence-electron chi connectivity index (χ0n) is 33.8. The Kier molecular flexibility index (Phi) is 11.6. The Morgan fingerprint density at radius 2 is 0.680 bits per heavy atom. The topological polar surface area (TPSA) is 80.9 Å². The first kappa shape index (κ1) is 40.5. The monoisotopic (exact) mass is 680 g/mol. The van der Waals surface area contributed by atoms with Gasteiger partial charge < -0.3 is 20.4 Å². The largest absolute Gasteiger partial charge is 0.507 e. The molecule has 0 amide bonds. The zero-order valence-corrected chi connectivity index (χ0v) is 33.8. The van der Waals surface area contributed by atoms with Gasteiger partial charge in [-0.05, 0) is 93.9 Å². The fourth-order valence-electron chi connectivity index (χ4n) is 6.63. The molecule has 0 atom stereocenters. The lowest BCUT2D eigenvalue weighted by molar-refractivity contribution is 0.433. The highest BCUT2D eigenvalue weighted by molar-refractivity contribution is 5.56. The Morgan fingerprint density at radius 1 is 0.380 bits per heavy atom. The minimum Gasteiger partial charge on any atom is -0.507 e. The van der Waals surface area contributed by atoms with Gasteiger partial charge in [-0.2, -0.15) is 0 Å². The van der Waals surface area contributed by atoms with Crippen molar-refractivity contribution in [3.05, 3.63) is 115 Å². The van der Waals surface area contributed by atoms with E-state index in [4.69, 9.17) is 0 Å².